The number of carbonyl (C=O) groups is 4. The lowest BCUT2D eigenvalue weighted by molar-refractivity contribution is -0.149. The van der Waals surface area contributed by atoms with Gasteiger partial charge in [0.25, 0.3) is 5.91 Å². The maximum atomic E-state index is 11.2. The molecule has 10 heteroatoms. The maximum absolute atomic E-state index is 11.2. The van der Waals surface area contributed by atoms with Crippen molar-refractivity contribution in [1.29, 1.82) is 0 Å². The molecule has 5 N–H and O–H groups in total. The highest BCUT2D eigenvalue weighted by molar-refractivity contribution is 5.94. The van der Waals surface area contributed by atoms with Crippen LogP contribution in [-0.4, -0.2) is 50.1 Å². The first kappa shape index (κ1) is 20.2. The SMILES string of the molecule is COC(=O)/C=C/C(=O)NC[C@H](N)C(=O)OCC(N)=O.Cl. The Morgan fingerprint density at radius 1 is 1.25 bits per heavy atom. The van der Waals surface area contributed by atoms with Crippen molar-refractivity contribution >= 4 is 36.2 Å². The van der Waals surface area contributed by atoms with E-state index in [1.807, 2.05) is 0 Å². The van der Waals surface area contributed by atoms with E-state index in [9.17, 15) is 19.2 Å². The van der Waals surface area contributed by atoms with Crippen LogP contribution in [0.4, 0.5) is 0 Å². The van der Waals surface area contributed by atoms with Crippen LogP contribution in [0.2, 0.25) is 0 Å². The average Bonchev–Trinajstić information content (AvgIpc) is 2.38. The second-order valence-electron chi connectivity index (χ2n) is 3.28. The summed E-state index contributed by atoms with van der Waals surface area (Å²) in [6.45, 7) is -0.801. The largest absolute Gasteiger partial charge is 0.466 e. The molecule has 0 aromatic rings. The smallest absolute Gasteiger partial charge is 0.330 e. The van der Waals surface area contributed by atoms with Crippen molar-refractivity contribution in [2.75, 3.05) is 20.3 Å². The summed E-state index contributed by atoms with van der Waals surface area (Å²) in [4.78, 5) is 43.4. The molecule has 0 bridgehead atoms. The summed E-state index contributed by atoms with van der Waals surface area (Å²) in [6, 6.07) is -1.14. The van der Waals surface area contributed by atoms with Gasteiger partial charge in [0.2, 0.25) is 5.91 Å². The van der Waals surface area contributed by atoms with Gasteiger partial charge in [0.1, 0.15) is 6.04 Å². The first-order valence-corrected chi connectivity index (χ1v) is 5.11. The summed E-state index contributed by atoms with van der Waals surface area (Å²) in [5.41, 5.74) is 10.1. The third kappa shape index (κ3) is 9.85. The molecule has 114 valence electrons. The van der Waals surface area contributed by atoms with Crippen LogP contribution >= 0.6 is 12.4 Å². The Balaban J connectivity index is 0. The van der Waals surface area contributed by atoms with Gasteiger partial charge in [-0.15, -0.1) is 12.4 Å². The van der Waals surface area contributed by atoms with Crippen LogP contribution in [0.15, 0.2) is 12.2 Å². The van der Waals surface area contributed by atoms with Crippen LogP contribution in [-0.2, 0) is 28.7 Å². The number of rotatable bonds is 7. The summed E-state index contributed by atoms with van der Waals surface area (Å²) in [5.74, 6) is -3.02. The number of hydrogen-bond acceptors (Lipinski definition) is 7. The van der Waals surface area contributed by atoms with Crippen LogP contribution in [0.3, 0.4) is 0 Å². The summed E-state index contributed by atoms with van der Waals surface area (Å²) < 4.78 is 8.70. The molecule has 0 rings (SSSR count). The van der Waals surface area contributed by atoms with Crippen LogP contribution in [0.5, 0.6) is 0 Å². The Bertz CT molecular complexity index is 398. The number of hydrogen-bond donors (Lipinski definition) is 3. The Hall–Kier alpha value is -2.13. The van der Waals surface area contributed by atoms with Gasteiger partial charge in [-0.25, -0.2) is 4.79 Å². The van der Waals surface area contributed by atoms with E-state index in [4.69, 9.17) is 11.5 Å². The molecule has 0 saturated carbocycles. The lowest BCUT2D eigenvalue weighted by Crippen LogP contribution is -2.43. The van der Waals surface area contributed by atoms with E-state index in [-0.39, 0.29) is 19.0 Å². The van der Waals surface area contributed by atoms with Gasteiger partial charge in [-0.1, -0.05) is 0 Å². The number of nitrogens with one attached hydrogen (secondary N) is 1. The van der Waals surface area contributed by atoms with Gasteiger partial charge >= 0.3 is 11.9 Å². The molecule has 0 aromatic carbocycles. The topological polar surface area (TPSA) is 151 Å². The lowest BCUT2D eigenvalue weighted by Gasteiger charge is -2.10. The van der Waals surface area contributed by atoms with E-state index in [1.165, 1.54) is 0 Å². The average molecular weight is 310 g/mol. The second-order valence-corrected chi connectivity index (χ2v) is 3.28. The Morgan fingerprint density at radius 3 is 2.35 bits per heavy atom. The predicted octanol–water partition coefficient (Wildman–Crippen LogP) is -2.39. The van der Waals surface area contributed by atoms with Gasteiger partial charge in [-0.2, -0.15) is 0 Å². The van der Waals surface area contributed by atoms with E-state index in [1.54, 1.807) is 0 Å². The number of primary amides is 1. The minimum atomic E-state index is -1.14. The molecule has 0 fully saturated rings. The summed E-state index contributed by atoms with van der Waals surface area (Å²) in [5, 5.41) is 2.25. The Labute approximate surface area is 121 Å². The van der Waals surface area contributed by atoms with Crippen LogP contribution < -0.4 is 16.8 Å². The third-order valence-electron chi connectivity index (χ3n) is 1.73. The minimum absolute atomic E-state index is 0. The first-order chi connectivity index (χ1) is 8.86. The van der Waals surface area contributed by atoms with E-state index in [0.717, 1.165) is 19.3 Å². The number of halogens is 1. The van der Waals surface area contributed by atoms with Gasteiger partial charge in [0.15, 0.2) is 6.61 Å². The molecule has 0 aromatic heterocycles. The number of esters is 2. The van der Waals surface area contributed by atoms with Crippen LogP contribution in [0, 0.1) is 0 Å². The zero-order chi connectivity index (χ0) is 14.8. The van der Waals surface area contributed by atoms with Crippen molar-refractivity contribution in [3.05, 3.63) is 12.2 Å². The van der Waals surface area contributed by atoms with Gasteiger partial charge in [0.05, 0.1) is 7.11 Å². The molecule has 0 unspecified atom stereocenters. The van der Waals surface area contributed by atoms with Gasteiger partial charge in [-0.05, 0) is 0 Å². The van der Waals surface area contributed by atoms with E-state index >= 15 is 0 Å². The third-order valence-corrected chi connectivity index (χ3v) is 1.73. The van der Waals surface area contributed by atoms with Crippen molar-refractivity contribution in [3.8, 4) is 0 Å². The molecule has 20 heavy (non-hydrogen) atoms. The molecule has 0 radical (unpaired) electrons. The molecule has 0 aliphatic carbocycles. The molecule has 0 saturated heterocycles. The number of nitrogens with two attached hydrogens (primary N) is 2. The molecule has 9 nitrogen and oxygen atoms in total. The van der Waals surface area contributed by atoms with Crippen LogP contribution in [0.25, 0.3) is 0 Å². The fourth-order valence-electron chi connectivity index (χ4n) is 0.814. The second kappa shape index (κ2) is 10.8. The maximum Gasteiger partial charge on any atom is 0.330 e. The number of amides is 2. The normalized spacial score (nSPS) is 11.1. The molecule has 0 spiro atoms. The summed E-state index contributed by atoms with van der Waals surface area (Å²) >= 11 is 0. The monoisotopic (exact) mass is 309 g/mol. The van der Waals surface area contributed by atoms with Crippen molar-refractivity contribution in [1.82, 2.24) is 5.32 Å². The fourth-order valence-corrected chi connectivity index (χ4v) is 0.814. The number of carbonyl (C=O) groups excluding carboxylic acids is 4. The standard InChI is InChI=1S/C10H15N3O6.ClH/c1-18-9(16)3-2-8(15)13-4-6(11)10(17)19-5-7(12)14;/h2-3,6H,4-5,11H2,1H3,(H2,12,14)(H,13,15);1H/b3-2+;/t6-;/m0./s1. The van der Waals surface area contributed by atoms with Crippen molar-refractivity contribution < 1.29 is 28.7 Å². The number of methoxy groups -OCH3 is 1. The summed E-state index contributed by atoms with van der Waals surface area (Å²) in [7, 11) is 1.16. The highest BCUT2D eigenvalue weighted by Crippen LogP contribution is 1.85. The molecular formula is C10H16ClN3O6. The van der Waals surface area contributed by atoms with E-state index in [2.05, 4.69) is 14.8 Å². The molecule has 0 aliphatic rings. The summed E-state index contributed by atoms with van der Waals surface area (Å²) in [6.07, 6.45) is 1.83. The quantitative estimate of drug-likeness (QED) is 0.350. The van der Waals surface area contributed by atoms with Crippen molar-refractivity contribution in [3.63, 3.8) is 0 Å². The van der Waals surface area contributed by atoms with E-state index < -0.39 is 36.4 Å². The zero-order valence-corrected chi connectivity index (χ0v) is 11.5. The fraction of sp³-hybridized carbons (Fsp3) is 0.400. The molecular weight excluding hydrogens is 294 g/mol. The Kier molecular flexibility index (Phi) is 10.9. The Morgan fingerprint density at radius 2 is 1.85 bits per heavy atom. The van der Waals surface area contributed by atoms with Crippen LogP contribution in [0.1, 0.15) is 0 Å². The van der Waals surface area contributed by atoms with Gasteiger partial charge in [-0.3, -0.25) is 14.4 Å². The van der Waals surface area contributed by atoms with Gasteiger partial charge in [0, 0.05) is 18.7 Å². The minimum Gasteiger partial charge on any atom is -0.466 e. The molecule has 2 amide bonds. The van der Waals surface area contributed by atoms with Crippen molar-refractivity contribution in [2.24, 2.45) is 11.5 Å². The molecule has 0 aliphatic heterocycles. The lowest BCUT2D eigenvalue weighted by atomic mass is 10.3. The first-order valence-electron chi connectivity index (χ1n) is 5.11. The molecule has 0 heterocycles. The molecule has 1 atom stereocenters. The van der Waals surface area contributed by atoms with E-state index in [0.29, 0.717) is 0 Å². The highest BCUT2D eigenvalue weighted by atomic mass is 35.5. The van der Waals surface area contributed by atoms with Gasteiger partial charge < -0.3 is 26.3 Å². The van der Waals surface area contributed by atoms with Crippen molar-refractivity contribution in [2.45, 2.75) is 6.04 Å². The predicted molar refractivity (Wildman–Crippen MR) is 69.5 cm³/mol. The number of ether oxygens (including phenoxy) is 2. The highest BCUT2D eigenvalue weighted by Gasteiger charge is 2.16. The zero-order valence-electron chi connectivity index (χ0n) is 10.7.